The lowest BCUT2D eigenvalue weighted by Crippen LogP contribution is -2.49. The lowest BCUT2D eigenvalue weighted by Gasteiger charge is -2.31. The van der Waals surface area contributed by atoms with Crippen molar-refractivity contribution in [2.45, 2.75) is 63.7 Å². The number of nitrogens with one attached hydrogen (secondary N) is 1. The van der Waals surface area contributed by atoms with Crippen molar-refractivity contribution in [3.05, 3.63) is 64.1 Å². The number of aliphatic imine (C=N–C) groups is 1. The van der Waals surface area contributed by atoms with Gasteiger partial charge in [-0.2, -0.15) is 0 Å². The molecule has 1 aliphatic heterocycles. The number of esters is 1. The number of hydrogen-bond acceptors (Lipinski definition) is 8. The van der Waals surface area contributed by atoms with E-state index in [0.717, 1.165) is 10.0 Å². The first-order valence-electron chi connectivity index (χ1n) is 13.4. The Morgan fingerprint density at radius 2 is 1.82 bits per heavy atom. The molecule has 10 heteroatoms. The number of halogens is 1. The van der Waals surface area contributed by atoms with Gasteiger partial charge in [0.1, 0.15) is 11.4 Å². The number of methoxy groups -OCH3 is 1. The summed E-state index contributed by atoms with van der Waals surface area (Å²) in [6, 6.07) is 14.7. The molecule has 218 valence electrons. The van der Waals surface area contributed by atoms with Crippen LogP contribution < -0.4 is 10.1 Å². The van der Waals surface area contributed by atoms with E-state index in [2.05, 4.69) is 21.2 Å². The number of hydrogen-bond donors (Lipinski definition) is 2. The second kappa shape index (κ2) is 14.6. The van der Waals surface area contributed by atoms with E-state index in [1.165, 1.54) is 0 Å². The Hall–Kier alpha value is -2.95. The highest BCUT2D eigenvalue weighted by molar-refractivity contribution is 9.10. The standard InChI is InChI=1S/C30H39BrN2O7/c1-29(2,3)40-25(35)15-16-30(28(36)32-17-7-19-37-4)26(23-9-5-6-10-24(23)31)39-27(33-30)21-11-13-22(14-12-21)38-20-8-18-34/h5-6,9-14,26,34H,7-8,15-20H2,1-4H3,(H,32,36)/t26-,30-/m1/s1. The highest BCUT2D eigenvalue weighted by Gasteiger charge is 2.53. The third-order valence-corrected chi connectivity index (χ3v) is 6.88. The molecule has 2 aromatic rings. The number of benzene rings is 2. The first kappa shape index (κ1) is 31.6. The molecule has 9 nitrogen and oxygen atoms in total. The molecule has 0 bridgehead atoms. The molecule has 0 spiro atoms. The first-order chi connectivity index (χ1) is 19.1. The van der Waals surface area contributed by atoms with Crippen molar-refractivity contribution < 1.29 is 33.6 Å². The van der Waals surface area contributed by atoms with Crippen LogP contribution in [0, 0.1) is 0 Å². The van der Waals surface area contributed by atoms with Gasteiger partial charge in [-0.25, -0.2) is 4.99 Å². The SMILES string of the molecule is COCCCNC(=O)[C@]1(CCC(=O)OC(C)(C)C)N=C(c2ccc(OCCCO)cc2)O[C@@H]1c1ccccc1Br. The zero-order valence-corrected chi connectivity index (χ0v) is 25.2. The minimum atomic E-state index is -1.43. The number of ether oxygens (including phenoxy) is 4. The van der Waals surface area contributed by atoms with Gasteiger partial charge in [0.15, 0.2) is 11.6 Å². The lowest BCUT2D eigenvalue weighted by atomic mass is 9.83. The van der Waals surface area contributed by atoms with E-state index in [0.29, 0.717) is 49.8 Å². The van der Waals surface area contributed by atoms with E-state index in [9.17, 15) is 9.59 Å². The monoisotopic (exact) mass is 618 g/mol. The van der Waals surface area contributed by atoms with Gasteiger partial charge in [0, 0.05) is 55.3 Å². The number of carbonyl (C=O) groups excluding carboxylic acids is 2. The van der Waals surface area contributed by atoms with E-state index in [-0.39, 0.29) is 25.4 Å². The number of rotatable bonds is 14. The minimum absolute atomic E-state index is 0.0263. The Bertz CT molecular complexity index is 1160. The third kappa shape index (κ3) is 8.52. The van der Waals surface area contributed by atoms with Crippen LogP contribution in [-0.2, 0) is 23.8 Å². The predicted octanol–water partition coefficient (Wildman–Crippen LogP) is 4.74. The van der Waals surface area contributed by atoms with Crippen LogP contribution in [0.4, 0.5) is 0 Å². The first-order valence-corrected chi connectivity index (χ1v) is 14.2. The van der Waals surface area contributed by atoms with Crippen LogP contribution in [0.1, 0.15) is 63.7 Å². The molecule has 1 heterocycles. The topological polar surface area (TPSA) is 116 Å². The van der Waals surface area contributed by atoms with Crippen LogP contribution >= 0.6 is 15.9 Å². The van der Waals surface area contributed by atoms with Gasteiger partial charge in [-0.1, -0.05) is 34.1 Å². The average molecular weight is 620 g/mol. The summed E-state index contributed by atoms with van der Waals surface area (Å²) < 4.78 is 23.5. The van der Waals surface area contributed by atoms with Crippen molar-refractivity contribution in [1.82, 2.24) is 5.32 Å². The van der Waals surface area contributed by atoms with Gasteiger partial charge in [0.2, 0.25) is 5.90 Å². The van der Waals surface area contributed by atoms with Crippen LogP contribution in [0.3, 0.4) is 0 Å². The molecular formula is C30H39BrN2O7. The maximum atomic E-state index is 14.0. The van der Waals surface area contributed by atoms with Crippen LogP contribution in [0.5, 0.6) is 5.75 Å². The fraction of sp³-hybridized carbons (Fsp3) is 0.500. The molecule has 0 radical (unpaired) electrons. The molecule has 0 unspecified atom stereocenters. The highest BCUT2D eigenvalue weighted by Crippen LogP contribution is 2.45. The van der Waals surface area contributed by atoms with Crippen molar-refractivity contribution in [2.75, 3.05) is 33.5 Å². The summed E-state index contributed by atoms with van der Waals surface area (Å²) >= 11 is 3.61. The summed E-state index contributed by atoms with van der Waals surface area (Å²) in [4.78, 5) is 31.7. The van der Waals surface area contributed by atoms with Crippen LogP contribution in [0.15, 0.2) is 58.0 Å². The molecular weight excluding hydrogens is 580 g/mol. The largest absolute Gasteiger partial charge is 0.494 e. The zero-order chi connectivity index (χ0) is 29.2. The molecule has 1 amide bonds. The van der Waals surface area contributed by atoms with Gasteiger partial charge in [-0.3, -0.25) is 9.59 Å². The van der Waals surface area contributed by atoms with E-state index in [1.54, 1.807) is 40.0 Å². The van der Waals surface area contributed by atoms with E-state index >= 15 is 0 Å². The Labute approximate surface area is 244 Å². The van der Waals surface area contributed by atoms with Crippen LogP contribution in [0.2, 0.25) is 0 Å². The number of aliphatic hydroxyl groups excluding tert-OH is 1. The van der Waals surface area contributed by atoms with Gasteiger partial charge in [-0.05, 0) is 63.9 Å². The molecule has 0 aliphatic carbocycles. The Kier molecular flexibility index (Phi) is 11.5. The second-order valence-electron chi connectivity index (χ2n) is 10.5. The van der Waals surface area contributed by atoms with Gasteiger partial charge in [-0.15, -0.1) is 0 Å². The van der Waals surface area contributed by atoms with E-state index < -0.39 is 23.2 Å². The molecule has 0 saturated carbocycles. The maximum Gasteiger partial charge on any atom is 0.306 e. The van der Waals surface area contributed by atoms with Crippen LogP contribution in [0.25, 0.3) is 0 Å². The van der Waals surface area contributed by atoms with Crippen molar-refractivity contribution in [2.24, 2.45) is 4.99 Å². The summed E-state index contributed by atoms with van der Waals surface area (Å²) in [7, 11) is 1.61. The Morgan fingerprint density at radius 1 is 1.10 bits per heavy atom. The molecule has 2 atom stereocenters. The molecule has 0 aromatic heterocycles. The smallest absolute Gasteiger partial charge is 0.306 e. The minimum Gasteiger partial charge on any atom is -0.494 e. The number of nitrogens with zero attached hydrogens (tertiary/aromatic N) is 1. The summed E-state index contributed by atoms with van der Waals surface area (Å²) in [6.07, 6.45) is 0.407. The highest BCUT2D eigenvalue weighted by atomic mass is 79.9. The normalized spacial score (nSPS) is 18.6. The van der Waals surface area contributed by atoms with Crippen molar-refractivity contribution in [3.8, 4) is 5.75 Å². The predicted molar refractivity (Wildman–Crippen MR) is 155 cm³/mol. The molecule has 3 rings (SSSR count). The van der Waals surface area contributed by atoms with E-state index in [1.807, 2.05) is 36.4 Å². The maximum absolute atomic E-state index is 14.0. The fourth-order valence-electron chi connectivity index (χ4n) is 4.29. The van der Waals surface area contributed by atoms with Crippen molar-refractivity contribution in [3.63, 3.8) is 0 Å². The second-order valence-corrected chi connectivity index (χ2v) is 11.4. The summed E-state index contributed by atoms with van der Waals surface area (Å²) in [5.41, 5.74) is -0.686. The summed E-state index contributed by atoms with van der Waals surface area (Å²) in [5.74, 6) is 0.175. The summed E-state index contributed by atoms with van der Waals surface area (Å²) in [5, 5.41) is 12.0. The number of carbonyl (C=O) groups is 2. The quantitative estimate of drug-likeness (QED) is 0.232. The van der Waals surface area contributed by atoms with Crippen molar-refractivity contribution >= 4 is 33.7 Å². The van der Waals surface area contributed by atoms with Gasteiger partial charge in [0.25, 0.3) is 5.91 Å². The molecule has 0 saturated heterocycles. The summed E-state index contributed by atoms with van der Waals surface area (Å²) in [6.45, 7) is 6.74. The fourth-order valence-corrected chi connectivity index (χ4v) is 4.78. The third-order valence-electron chi connectivity index (χ3n) is 6.16. The number of aliphatic hydroxyl groups is 1. The van der Waals surface area contributed by atoms with Gasteiger partial charge >= 0.3 is 5.97 Å². The molecule has 40 heavy (non-hydrogen) atoms. The molecule has 1 aliphatic rings. The van der Waals surface area contributed by atoms with Crippen molar-refractivity contribution in [1.29, 1.82) is 0 Å². The molecule has 2 aromatic carbocycles. The van der Waals surface area contributed by atoms with Crippen LogP contribution in [-0.4, -0.2) is 67.5 Å². The number of amides is 1. The Morgan fingerprint density at radius 3 is 2.48 bits per heavy atom. The lowest BCUT2D eigenvalue weighted by molar-refractivity contribution is -0.155. The zero-order valence-electron chi connectivity index (χ0n) is 23.6. The average Bonchev–Trinajstić information content (AvgIpc) is 3.30. The Balaban J connectivity index is 2.00. The molecule has 0 fully saturated rings. The van der Waals surface area contributed by atoms with Gasteiger partial charge in [0.05, 0.1) is 6.61 Å². The van der Waals surface area contributed by atoms with Gasteiger partial charge < -0.3 is 29.4 Å². The molecule has 2 N–H and O–H groups in total. The van der Waals surface area contributed by atoms with E-state index in [4.69, 9.17) is 29.0 Å².